The molecule has 0 fully saturated rings. The van der Waals surface area contributed by atoms with Crippen molar-refractivity contribution in [1.82, 2.24) is 4.98 Å². The summed E-state index contributed by atoms with van der Waals surface area (Å²) in [6.45, 7) is 2.19. The third-order valence-corrected chi connectivity index (χ3v) is 2.29. The van der Waals surface area contributed by atoms with Crippen LogP contribution in [-0.2, 0) is 6.42 Å². The van der Waals surface area contributed by atoms with E-state index in [1.165, 1.54) is 18.4 Å². The summed E-state index contributed by atoms with van der Waals surface area (Å²) in [5.41, 5.74) is 8.39. The lowest BCUT2D eigenvalue weighted by Crippen LogP contribution is -1.84. The van der Waals surface area contributed by atoms with E-state index in [1.54, 1.807) is 0 Å². The Morgan fingerprint density at radius 2 is 2.29 bits per heavy atom. The first kappa shape index (κ1) is 9.06. The molecule has 0 bridgehead atoms. The molecular weight excluding hydrogens is 176 g/mol. The fraction of sp³-hybridized carbons (Fsp3) is 0.364. The van der Waals surface area contributed by atoms with Crippen molar-refractivity contribution in [3.63, 3.8) is 0 Å². The van der Waals surface area contributed by atoms with E-state index in [1.807, 2.05) is 12.1 Å². The van der Waals surface area contributed by atoms with Gasteiger partial charge >= 0.3 is 0 Å². The number of aryl methyl sites for hydroxylation is 1. The quantitative estimate of drug-likeness (QED) is 0.809. The van der Waals surface area contributed by atoms with Crippen molar-refractivity contribution in [3.05, 3.63) is 23.8 Å². The van der Waals surface area contributed by atoms with Gasteiger partial charge in [0.2, 0.25) is 0 Å². The summed E-state index contributed by atoms with van der Waals surface area (Å²) in [6.07, 6.45) is 3.51. The fourth-order valence-corrected chi connectivity index (χ4v) is 1.53. The van der Waals surface area contributed by atoms with Crippen LogP contribution in [0.4, 0.5) is 6.01 Å². The average Bonchev–Trinajstić information content (AvgIpc) is 2.54. The lowest BCUT2D eigenvalue weighted by molar-refractivity contribution is 0.626. The smallest absolute Gasteiger partial charge is 0.292 e. The zero-order valence-corrected chi connectivity index (χ0v) is 8.29. The Kier molecular flexibility index (Phi) is 2.39. The Morgan fingerprint density at radius 3 is 3.07 bits per heavy atom. The molecular formula is C11H14N2O. The largest absolute Gasteiger partial charge is 0.424 e. The van der Waals surface area contributed by atoms with E-state index in [4.69, 9.17) is 10.2 Å². The van der Waals surface area contributed by atoms with Crippen LogP contribution < -0.4 is 5.73 Å². The molecule has 3 heteroatoms. The van der Waals surface area contributed by atoms with Gasteiger partial charge in [-0.25, -0.2) is 0 Å². The lowest BCUT2D eigenvalue weighted by atomic mass is 10.1. The molecule has 2 N–H and O–H groups in total. The molecule has 0 saturated heterocycles. The van der Waals surface area contributed by atoms with E-state index < -0.39 is 0 Å². The summed E-state index contributed by atoms with van der Waals surface area (Å²) in [4.78, 5) is 4.09. The molecule has 0 aliphatic heterocycles. The number of unbranched alkanes of at least 4 members (excludes halogenated alkanes) is 1. The zero-order valence-electron chi connectivity index (χ0n) is 8.29. The number of oxazole rings is 1. The van der Waals surface area contributed by atoms with Crippen molar-refractivity contribution in [3.8, 4) is 0 Å². The van der Waals surface area contributed by atoms with Crippen molar-refractivity contribution >= 4 is 17.1 Å². The SMILES string of the molecule is CCCCc1ccc2oc(N)nc2c1. The highest BCUT2D eigenvalue weighted by atomic mass is 16.4. The first-order chi connectivity index (χ1) is 6.79. The lowest BCUT2D eigenvalue weighted by Gasteiger charge is -1.97. The van der Waals surface area contributed by atoms with E-state index in [0.29, 0.717) is 0 Å². The highest BCUT2D eigenvalue weighted by Gasteiger charge is 2.02. The molecule has 0 spiro atoms. The normalized spacial score (nSPS) is 10.9. The Hall–Kier alpha value is -1.51. The third-order valence-electron chi connectivity index (χ3n) is 2.29. The number of hydrogen-bond acceptors (Lipinski definition) is 3. The number of nitrogens with zero attached hydrogens (tertiary/aromatic N) is 1. The minimum atomic E-state index is 0.243. The van der Waals surface area contributed by atoms with Crippen LogP contribution in [0.25, 0.3) is 11.1 Å². The fourth-order valence-electron chi connectivity index (χ4n) is 1.53. The van der Waals surface area contributed by atoms with E-state index in [9.17, 15) is 0 Å². The standard InChI is InChI=1S/C11H14N2O/c1-2-3-4-8-5-6-10-9(7-8)13-11(12)14-10/h5-7H,2-4H2,1H3,(H2,12,13). The van der Waals surface area contributed by atoms with E-state index >= 15 is 0 Å². The van der Waals surface area contributed by atoms with Gasteiger partial charge < -0.3 is 10.2 Å². The van der Waals surface area contributed by atoms with Gasteiger partial charge in [-0.1, -0.05) is 19.4 Å². The van der Waals surface area contributed by atoms with Crippen LogP contribution in [0.2, 0.25) is 0 Å². The maximum atomic E-state index is 5.46. The summed E-state index contributed by atoms with van der Waals surface area (Å²) in [7, 11) is 0. The number of hydrogen-bond donors (Lipinski definition) is 1. The number of aromatic nitrogens is 1. The number of benzene rings is 1. The molecule has 0 atom stereocenters. The Labute approximate surface area is 82.9 Å². The van der Waals surface area contributed by atoms with Crippen LogP contribution in [0.3, 0.4) is 0 Å². The average molecular weight is 190 g/mol. The van der Waals surface area contributed by atoms with Gasteiger partial charge in [0.05, 0.1) is 0 Å². The van der Waals surface area contributed by atoms with Crippen molar-refractivity contribution in [2.75, 3.05) is 5.73 Å². The van der Waals surface area contributed by atoms with Crippen LogP contribution >= 0.6 is 0 Å². The second kappa shape index (κ2) is 3.70. The number of anilines is 1. The monoisotopic (exact) mass is 190 g/mol. The minimum Gasteiger partial charge on any atom is -0.424 e. The van der Waals surface area contributed by atoms with Gasteiger partial charge in [-0.05, 0) is 30.5 Å². The minimum absolute atomic E-state index is 0.243. The van der Waals surface area contributed by atoms with Gasteiger partial charge in [-0.15, -0.1) is 0 Å². The van der Waals surface area contributed by atoms with Crippen molar-refractivity contribution in [2.24, 2.45) is 0 Å². The molecule has 0 radical (unpaired) electrons. The topological polar surface area (TPSA) is 52.0 Å². The second-order valence-corrected chi connectivity index (χ2v) is 3.46. The van der Waals surface area contributed by atoms with Crippen molar-refractivity contribution < 1.29 is 4.42 Å². The van der Waals surface area contributed by atoms with Gasteiger partial charge in [-0.2, -0.15) is 4.98 Å². The molecule has 0 aliphatic rings. The summed E-state index contributed by atoms with van der Waals surface area (Å²) in [5.74, 6) is 0. The second-order valence-electron chi connectivity index (χ2n) is 3.46. The summed E-state index contributed by atoms with van der Waals surface area (Å²) in [5, 5.41) is 0. The van der Waals surface area contributed by atoms with E-state index in [2.05, 4.69) is 18.0 Å². The molecule has 0 saturated carbocycles. The van der Waals surface area contributed by atoms with E-state index in [-0.39, 0.29) is 6.01 Å². The molecule has 2 rings (SSSR count). The highest BCUT2D eigenvalue weighted by Crippen LogP contribution is 2.19. The Bertz CT molecular complexity index is 434. The predicted molar refractivity (Wildman–Crippen MR) is 57.0 cm³/mol. The number of nitrogens with two attached hydrogens (primary N) is 1. The van der Waals surface area contributed by atoms with Crippen LogP contribution in [0.15, 0.2) is 22.6 Å². The summed E-state index contributed by atoms with van der Waals surface area (Å²) >= 11 is 0. The molecule has 0 aliphatic carbocycles. The van der Waals surface area contributed by atoms with Crippen LogP contribution in [0.1, 0.15) is 25.3 Å². The van der Waals surface area contributed by atoms with Crippen molar-refractivity contribution in [1.29, 1.82) is 0 Å². The highest BCUT2D eigenvalue weighted by molar-refractivity contribution is 5.74. The predicted octanol–water partition coefficient (Wildman–Crippen LogP) is 2.75. The van der Waals surface area contributed by atoms with Gasteiger partial charge in [0.1, 0.15) is 5.52 Å². The molecule has 2 aromatic rings. The summed E-state index contributed by atoms with van der Waals surface area (Å²) < 4.78 is 5.19. The molecule has 0 amide bonds. The van der Waals surface area contributed by atoms with Gasteiger partial charge in [0, 0.05) is 0 Å². The Balaban J connectivity index is 2.31. The molecule has 14 heavy (non-hydrogen) atoms. The Morgan fingerprint density at radius 1 is 1.43 bits per heavy atom. The first-order valence-corrected chi connectivity index (χ1v) is 4.94. The number of nitrogen functional groups attached to an aromatic ring is 1. The first-order valence-electron chi connectivity index (χ1n) is 4.94. The van der Waals surface area contributed by atoms with Crippen LogP contribution in [-0.4, -0.2) is 4.98 Å². The molecule has 74 valence electrons. The van der Waals surface area contributed by atoms with E-state index in [0.717, 1.165) is 17.5 Å². The number of fused-ring (bicyclic) bond motifs is 1. The number of rotatable bonds is 3. The van der Waals surface area contributed by atoms with Gasteiger partial charge in [-0.3, -0.25) is 0 Å². The molecule has 0 unspecified atom stereocenters. The zero-order chi connectivity index (χ0) is 9.97. The molecule has 1 aromatic carbocycles. The maximum Gasteiger partial charge on any atom is 0.292 e. The molecule has 3 nitrogen and oxygen atoms in total. The van der Waals surface area contributed by atoms with Gasteiger partial charge in [0.25, 0.3) is 6.01 Å². The van der Waals surface area contributed by atoms with Crippen molar-refractivity contribution in [2.45, 2.75) is 26.2 Å². The van der Waals surface area contributed by atoms with Crippen LogP contribution in [0, 0.1) is 0 Å². The molecule has 1 heterocycles. The molecule has 1 aromatic heterocycles. The summed E-state index contributed by atoms with van der Waals surface area (Å²) in [6, 6.07) is 6.30. The maximum absolute atomic E-state index is 5.46. The van der Waals surface area contributed by atoms with Crippen LogP contribution in [0.5, 0.6) is 0 Å². The third kappa shape index (κ3) is 1.71. The van der Waals surface area contributed by atoms with Gasteiger partial charge in [0.15, 0.2) is 5.58 Å².